The summed E-state index contributed by atoms with van der Waals surface area (Å²) in [7, 11) is 0. The molecular weight excluding hydrogens is 416 g/mol. The number of aromatic nitrogens is 2. The summed E-state index contributed by atoms with van der Waals surface area (Å²) in [5.41, 5.74) is 3.55. The van der Waals surface area contributed by atoms with Gasteiger partial charge in [0, 0.05) is 21.5 Å². The summed E-state index contributed by atoms with van der Waals surface area (Å²) in [5, 5.41) is 10.6. The summed E-state index contributed by atoms with van der Waals surface area (Å²) < 4.78 is 3.84. The van der Waals surface area contributed by atoms with Gasteiger partial charge in [-0.3, -0.25) is 14.5 Å². The molecule has 2 heterocycles. The Bertz CT molecular complexity index is 1050. The summed E-state index contributed by atoms with van der Waals surface area (Å²) in [6, 6.07) is 6.92. The molecule has 0 saturated carbocycles. The second-order valence-corrected chi connectivity index (χ2v) is 9.90. The lowest BCUT2D eigenvalue weighted by atomic mass is 10.0. The number of benzene rings is 1. The molecule has 0 unspecified atom stereocenters. The molecule has 0 radical (unpaired) electrons. The Hall–Kier alpha value is -2.58. The van der Waals surface area contributed by atoms with Crippen molar-refractivity contribution in [3.8, 4) is 0 Å². The molecule has 3 rings (SSSR count). The van der Waals surface area contributed by atoms with Crippen LogP contribution in [0.25, 0.3) is 0 Å². The number of hydrogen-bond donors (Lipinski definition) is 1. The van der Waals surface area contributed by atoms with Gasteiger partial charge in [-0.05, 0) is 93.3 Å². The number of nitrogens with zero attached hydrogens (tertiary/aromatic N) is 3. The van der Waals surface area contributed by atoms with Gasteiger partial charge in [0.1, 0.15) is 0 Å². The molecule has 8 heteroatoms. The summed E-state index contributed by atoms with van der Waals surface area (Å²) >= 11 is 2.58. The quantitative estimate of drug-likeness (QED) is 0.614. The lowest BCUT2D eigenvalue weighted by molar-refractivity contribution is -0.123. The van der Waals surface area contributed by atoms with E-state index in [0.717, 1.165) is 33.1 Å². The number of thiophene rings is 1. The highest BCUT2D eigenvalue weighted by Gasteiger charge is 2.37. The Morgan fingerprint density at radius 3 is 2.33 bits per heavy atom. The number of rotatable bonds is 5. The molecule has 0 aliphatic carbocycles. The molecular formula is C22H26N4O2S2. The second kappa shape index (κ2) is 8.65. The molecule has 6 nitrogen and oxygen atoms in total. The van der Waals surface area contributed by atoms with Gasteiger partial charge in [-0.25, -0.2) is 0 Å². The average Bonchev–Trinajstić information content (AvgIpc) is 3.32. The first-order valence-electron chi connectivity index (χ1n) is 9.62. The van der Waals surface area contributed by atoms with Crippen LogP contribution < -0.4 is 10.2 Å². The van der Waals surface area contributed by atoms with E-state index in [0.29, 0.717) is 5.69 Å². The molecule has 0 saturated heterocycles. The first-order valence-corrected chi connectivity index (χ1v) is 11.3. The first kappa shape index (κ1) is 22.1. The van der Waals surface area contributed by atoms with Crippen molar-refractivity contribution in [2.45, 2.75) is 53.1 Å². The minimum Gasteiger partial charge on any atom is -0.349 e. The van der Waals surface area contributed by atoms with Gasteiger partial charge in [0.05, 0.1) is 0 Å². The van der Waals surface area contributed by atoms with Crippen LogP contribution in [0.5, 0.6) is 0 Å². The number of anilines is 1. The third-order valence-electron chi connectivity index (χ3n) is 4.72. The fourth-order valence-corrected chi connectivity index (χ4v) is 4.54. The zero-order valence-electron chi connectivity index (χ0n) is 18.0. The number of aryl methyl sites for hydroxylation is 3. The van der Waals surface area contributed by atoms with Crippen LogP contribution in [-0.2, 0) is 4.79 Å². The van der Waals surface area contributed by atoms with Crippen molar-refractivity contribution in [3.63, 3.8) is 0 Å². The topological polar surface area (TPSA) is 75.2 Å². The van der Waals surface area contributed by atoms with E-state index in [4.69, 9.17) is 0 Å². The Labute approximate surface area is 185 Å². The van der Waals surface area contributed by atoms with Crippen molar-refractivity contribution in [2.24, 2.45) is 0 Å². The van der Waals surface area contributed by atoms with Gasteiger partial charge >= 0.3 is 0 Å². The molecule has 2 aromatic heterocycles. The highest BCUT2D eigenvalue weighted by atomic mass is 32.1. The lowest BCUT2D eigenvalue weighted by Gasteiger charge is -2.33. The van der Waals surface area contributed by atoms with Crippen LogP contribution >= 0.6 is 22.9 Å². The van der Waals surface area contributed by atoms with E-state index in [1.54, 1.807) is 10.3 Å². The number of nitrogens with one attached hydrogen (secondary N) is 1. The maximum Gasteiger partial charge on any atom is 0.280 e. The standard InChI is InChI=1S/C22H26N4O2S2/c1-13-7-8-16(11-15(13)3)26(21(28)17-12-30-25-24-17)18(19-14(2)9-10-29-19)20(27)23-22(4,5)6/h7-12,18H,1-6H3,(H,23,27)/t18-/m0/s1. The molecule has 3 aromatic rings. The van der Waals surface area contributed by atoms with Crippen molar-refractivity contribution in [1.29, 1.82) is 0 Å². The van der Waals surface area contributed by atoms with Crippen molar-refractivity contribution in [1.82, 2.24) is 14.9 Å². The molecule has 1 aromatic carbocycles. The van der Waals surface area contributed by atoms with Crippen LogP contribution in [0, 0.1) is 20.8 Å². The monoisotopic (exact) mass is 442 g/mol. The molecule has 0 aliphatic heterocycles. The largest absolute Gasteiger partial charge is 0.349 e. The molecule has 0 bridgehead atoms. The van der Waals surface area contributed by atoms with Crippen molar-refractivity contribution in [3.05, 3.63) is 62.3 Å². The SMILES string of the molecule is Cc1ccc(N(C(=O)c2csnn2)[C@H](C(=O)NC(C)(C)C)c2sccc2C)cc1C. The van der Waals surface area contributed by atoms with Crippen LogP contribution in [-0.4, -0.2) is 26.9 Å². The summed E-state index contributed by atoms with van der Waals surface area (Å²) in [4.78, 5) is 29.5. The van der Waals surface area contributed by atoms with Crippen molar-refractivity contribution < 1.29 is 9.59 Å². The molecule has 0 aliphatic rings. The third-order valence-corrected chi connectivity index (χ3v) is 6.30. The highest BCUT2D eigenvalue weighted by Crippen LogP contribution is 2.35. The number of carbonyl (C=O) groups is 2. The molecule has 1 atom stereocenters. The summed E-state index contributed by atoms with van der Waals surface area (Å²) in [6.07, 6.45) is 0. The Kier molecular flexibility index (Phi) is 6.38. The van der Waals surface area contributed by atoms with Crippen LogP contribution in [0.3, 0.4) is 0 Å². The molecule has 158 valence electrons. The van der Waals surface area contributed by atoms with Crippen molar-refractivity contribution in [2.75, 3.05) is 4.90 Å². The predicted octanol–water partition coefficient (Wildman–Crippen LogP) is 4.83. The summed E-state index contributed by atoms with van der Waals surface area (Å²) in [6.45, 7) is 11.7. The maximum absolute atomic E-state index is 13.6. The Morgan fingerprint density at radius 2 is 1.80 bits per heavy atom. The fourth-order valence-electron chi connectivity index (χ4n) is 3.10. The Balaban J connectivity index is 2.20. The summed E-state index contributed by atoms with van der Waals surface area (Å²) in [5.74, 6) is -0.586. The number of hydrogen-bond acceptors (Lipinski definition) is 6. The normalized spacial score (nSPS) is 12.5. The Morgan fingerprint density at radius 1 is 1.07 bits per heavy atom. The van der Waals surface area contributed by atoms with Crippen LogP contribution in [0.4, 0.5) is 5.69 Å². The van der Waals surface area contributed by atoms with Crippen LogP contribution in [0.2, 0.25) is 0 Å². The number of amides is 2. The molecule has 0 spiro atoms. The van der Waals surface area contributed by atoms with Gasteiger partial charge in [0.15, 0.2) is 11.7 Å². The zero-order valence-corrected chi connectivity index (χ0v) is 19.6. The number of carbonyl (C=O) groups excluding carboxylic acids is 2. The minimum absolute atomic E-state index is 0.223. The van der Waals surface area contributed by atoms with E-state index in [-0.39, 0.29) is 17.5 Å². The third kappa shape index (κ3) is 4.76. The van der Waals surface area contributed by atoms with E-state index in [9.17, 15) is 9.59 Å². The second-order valence-electron chi connectivity index (χ2n) is 8.34. The molecule has 1 N–H and O–H groups in total. The van der Waals surface area contributed by atoms with Gasteiger partial charge in [-0.1, -0.05) is 10.6 Å². The van der Waals surface area contributed by atoms with E-state index in [2.05, 4.69) is 14.9 Å². The van der Waals surface area contributed by atoms with Gasteiger partial charge < -0.3 is 5.32 Å². The van der Waals surface area contributed by atoms with Crippen molar-refractivity contribution >= 4 is 40.4 Å². The zero-order chi connectivity index (χ0) is 22.1. The van der Waals surface area contributed by atoms with E-state index in [1.807, 2.05) is 71.2 Å². The minimum atomic E-state index is -0.819. The fraction of sp³-hybridized carbons (Fsp3) is 0.364. The maximum atomic E-state index is 13.6. The van der Waals surface area contributed by atoms with Crippen LogP contribution in [0.15, 0.2) is 35.0 Å². The molecule has 30 heavy (non-hydrogen) atoms. The molecule has 0 fully saturated rings. The van der Waals surface area contributed by atoms with E-state index < -0.39 is 11.6 Å². The average molecular weight is 443 g/mol. The van der Waals surface area contributed by atoms with Gasteiger partial charge in [0.25, 0.3) is 5.91 Å². The lowest BCUT2D eigenvalue weighted by Crippen LogP contribution is -2.49. The van der Waals surface area contributed by atoms with Crippen LogP contribution in [0.1, 0.15) is 58.9 Å². The predicted molar refractivity (Wildman–Crippen MR) is 122 cm³/mol. The highest BCUT2D eigenvalue weighted by molar-refractivity contribution is 7.10. The van der Waals surface area contributed by atoms with Gasteiger partial charge in [-0.2, -0.15) is 0 Å². The van der Waals surface area contributed by atoms with Gasteiger partial charge in [-0.15, -0.1) is 16.4 Å². The first-order chi connectivity index (χ1) is 14.1. The van der Waals surface area contributed by atoms with E-state index >= 15 is 0 Å². The van der Waals surface area contributed by atoms with E-state index in [1.165, 1.54) is 11.3 Å². The smallest absolute Gasteiger partial charge is 0.280 e. The molecule has 2 amide bonds. The van der Waals surface area contributed by atoms with Gasteiger partial charge in [0.2, 0.25) is 5.91 Å².